The van der Waals surface area contributed by atoms with Gasteiger partial charge >= 0.3 is 0 Å². The molecule has 1 aliphatic rings. The molecule has 0 spiro atoms. The molecule has 1 fully saturated rings. The number of rotatable bonds is 6. The minimum Gasteiger partial charge on any atom is -0.378 e. The minimum atomic E-state index is -0.587. The molecule has 2 aromatic carbocycles. The predicted molar refractivity (Wildman–Crippen MR) is 128 cm³/mol. The molecule has 1 aliphatic heterocycles. The zero-order valence-electron chi connectivity index (χ0n) is 18.5. The van der Waals surface area contributed by atoms with Crippen molar-refractivity contribution in [1.82, 2.24) is 25.2 Å². The van der Waals surface area contributed by atoms with E-state index in [1.54, 1.807) is 11.3 Å². The van der Waals surface area contributed by atoms with Gasteiger partial charge in [-0.15, -0.1) is 10.2 Å². The summed E-state index contributed by atoms with van der Waals surface area (Å²) in [6.07, 6.45) is 0. The maximum Gasteiger partial charge on any atom is 0.251 e. The Morgan fingerprint density at radius 2 is 1.91 bits per heavy atom. The van der Waals surface area contributed by atoms with Crippen molar-refractivity contribution >= 4 is 38.3 Å². The number of benzene rings is 2. The van der Waals surface area contributed by atoms with E-state index in [-0.39, 0.29) is 11.8 Å². The van der Waals surface area contributed by atoms with Gasteiger partial charge in [0.1, 0.15) is 0 Å². The Labute approximate surface area is 195 Å². The molecule has 1 amide bonds. The van der Waals surface area contributed by atoms with E-state index in [1.807, 2.05) is 62.4 Å². The topological polar surface area (TPSA) is 98.1 Å². The van der Waals surface area contributed by atoms with Crippen molar-refractivity contribution in [3.05, 3.63) is 48.5 Å². The lowest BCUT2D eigenvalue weighted by Gasteiger charge is -2.25. The number of hydrogen-bond donors (Lipinski definition) is 1. The molecule has 0 bridgehead atoms. The molecule has 10 heteroatoms. The summed E-state index contributed by atoms with van der Waals surface area (Å²) in [6, 6.07) is 14.8. The van der Waals surface area contributed by atoms with Gasteiger partial charge in [0.25, 0.3) is 5.91 Å². The molecular formula is C23H25N7O2S. The van der Waals surface area contributed by atoms with Crippen LogP contribution in [0.25, 0.3) is 21.6 Å². The summed E-state index contributed by atoms with van der Waals surface area (Å²) in [6.45, 7) is 7.06. The van der Waals surface area contributed by atoms with Gasteiger partial charge in [-0.25, -0.2) is 4.98 Å². The van der Waals surface area contributed by atoms with E-state index in [1.165, 1.54) is 4.80 Å². The molecule has 5 rings (SSSR count). The fraction of sp³-hybridized carbons (Fsp3) is 0.348. The van der Waals surface area contributed by atoms with Crippen LogP contribution in [0.15, 0.2) is 48.5 Å². The van der Waals surface area contributed by atoms with E-state index in [9.17, 15) is 4.79 Å². The number of anilines is 2. The molecule has 4 aromatic rings. The Morgan fingerprint density at radius 1 is 1.12 bits per heavy atom. The number of tetrazole rings is 1. The quantitative estimate of drug-likeness (QED) is 0.466. The molecule has 9 nitrogen and oxygen atoms in total. The first-order valence-corrected chi connectivity index (χ1v) is 11.8. The molecule has 0 saturated carbocycles. The molecular weight excluding hydrogens is 438 g/mol. The number of thiazole rings is 1. The summed E-state index contributed by atoms with van der Waals surface area (Å²) in [5.41, 5.74) is 2.50. The molecule has 0 aliphatic carbocycles. The summed E-state index contributed by atoms with van der Waals surface area (Å²) >= 11 is 1.63. The molecule has 170 valence electrons. The number of carbonyl (C=O) groups excluding carboxylic acids is 1. The van der Waals surface area contributed by atoms with Crippen LogP contribution in [0.3, 0.4) is 0 Å². The highest BCUT2D eigenvalue weighted by atomic mass is 32.1. The predicted octanol–water partition coefficient (Wildman–Crippen LogP) is 3.62. The zero-order chi connectivity index (χ0) is 22.8. The third-order valence-electron chi connectivity index (χ3n) is 5.54. The lowest BCUT2D eigenvalue weighted by Crippen LogP contribution is -2.36. The fourth-order valence-electron chi connectivity index (χ4n) is 3.82. The number of carbonyl (C=O) groups is 1. The molecule has 1 N–H and O–H groups in total. The summed E-state index contributed by atoms with van der Waals surface area (Å²) in [7, 11) is 0. The molecule has 0 radical (unpaired) electrons. The van der Waals surface area contributed by atoms with Crippen molar-refractivity contribution in [1.29, 1.82) is 0 Å². The van der Waals surface area contributed by atoms with E-state index < -0.39 is 6.04 Å². The van der Waals surface area contributed by atoms with E-state index in [0.29, 0.717) is 5.82 Å². The SMILES string of the molecule is CC(C)C(C(=O)Nc1ccc2nc(N3CCOCC3)sc2c1)n1nnc(-c2ccccc2)n1. The second-order valence-electron chi connectivity index (χ2n) is 8.26. The number of amides is 1. The highest BCUT2D eigenvalue weighted by Gasteiger charge is 2.27. The van der Waals surface area contributed by atoms with Crippen molar-refractivity contribution in [3.8, 4) is 11.4 Å². The van der Waals surface area contributed by atoms with Gasteiger partial charge in [0.15, 0.2) is 11.2 Å². The normalized spacial score (nSPS) is 15.2. The van der Waals surface area contributed by atoms with Crippen LogP contribution in [0, 0.1) is 5.92 Å². The fourth-order valence-corrected chi connectivity index (χ4v) is 4.87. The summed E-state index contributed by atoms with van der Waals surface area (Å²) < 4.78 is 6.46. The number of ether oxygens (including phenoxy) is 1. The van der Waals surface area contributed by atoms with Crippen molar-refractivity contribution in [3.63, 3.8) is 0 Å². The van der Waals surface area contributed by atoms with Crippen LogP contribution in [0.1, 0.15) is 19.9 Å². The standard InChI is InChI=1S/C23H25N7O2S/c1-15(2)20(30-27-21(26-28-30)16-6-4-3-5-7-16)22(31)24-17-8-9-18-19(14-17)33-23(25-18)29-10-12-32-13-11-29/h3-9,14-15,20H,10-13H2,1-2H3,(H,24,31). The van der Waals surface area contributed by atoms with Crippen LogP contribution in [0.4, 0.5) is 10.8 Å². The van der Waals surface area contributed by atoms with Crippen molar-refractivity contribution in [2.75, 3.05) is 36.5 Å². The first-order chi connectivity index (χ1) is 16.1. The second kappa shape index (κ2) is 9.24. The lowest BCUT2D eigenvalue weighted by molar-refractivity contribution is -0.121. The highest BCUT2D eigenvalue weighted by Crippen LogP contribution is 2.31. The maximum atomic E-state index is 13.2. The van der Waals surface area contributed by atoms with E-state index in [0.717, 1.165) is 52.9 Å². The van der Waals surface area contributed by atoms with Crippen LogP contribution in [-0.4, -0.2) is 57.4 Å². The number of morpholine rings is 1. The van der Waals surface area contributed by atoms with Crippen molar-refractivity contribution in [2.24, 2.45) is 5.92 Å². The number of nitrogens with one attached hydrogen (secondary N) is 1. The van der Waals surface area contributed by atoms with E-state index >= 15 is 0 Å². The lowest BCUT2D eigenvalue weighted by atomic mass is 10.0. The summed E-state index contributed by atoms with van der Waals surface area (Å²) in [5.74, 6) is 0.290. The third kappa shape index (κ3) is 4.57. The molecule has 1 unspecified atom stereocenters. The van der Waals surface area contributed by atoms with Crippen molar-refractivity contribution < 1.29 is 9.53 Å². The number of hydrogen-bond acceptors (Lipinski definition) is 8. The average molecular weight is 464 g/mol. The minimum absolute atomic E-state index is 0.0251. The Balaban J connectivity index is 1.35. The van der Waals surface area contributed by atoms with Gasteiger partial charge in [-0.1, -0.05) is 55.5 Å². The molecule has 2 aromatic heterocycles. The van der Waals surface area contributed by atoms with Crippen LogP contribution in [-0.2, 0) is 9.53 Å². The van der Waals surface area contributed by atoms with Gasteiger partial charge in [0.05, 0.1) is 23.4 Å². The number of nitrogens with zero attached hydrogens (tertiary/aromatic N) is 6. The number of aromatic nitrogens is 5. The highest BCUT2D eigenvalue weighted by molar-refractivity contribution is 7.22. The van der Waals surface area contributed by atoms with Crippen molar-refractivity contribution in [2.45, 2.75) is 19.9 Å². The van der Waals surface area contributed by atoms with Gasteiger partial charge in [0, 0.05) is 24.3 Å². The summed E-state index contributed by atoms with van der Waals surface area (Å²) in [5, 5.41) is 16.8. The van der Waals surface area contributed by atoms with Gasteiger partial charge in [-0.05, 0) is 29.3 Å². The first kappa shape index (κ1) is 21.5. The Hall–Kier alpha value is -3.37. The largest absolute Gasteiger partial charge is 0.378 e. The van der Waals surface area contributed by atoms with Gasteiger partial charge < -0.3 is 15.0 Å². The maximum absolute atomic E-state index is 13.2. The van der Waals surface area contributed by atoms with Crippen LogP contribution >= 0.6 is 11.3 Å². The Kier molecular flexibility index (Phi) is 6.01. The smallest absolute Gasteiger partial charge is 0.251 e. The van der Waals surface area contributed by atoms with Crippen LogP contribution in [0.2, 0.25) is 0 Å². The molecule has 33 heavy (non-hydrogen) atoms. The average Bonchev–Trinajstić information content (AvgIpc) is 3.47. The monoisotopic (exact) mass is 463 g/mol. The molecule has 3 heterocycles. The van der Waals surface area contributed by atoms with Crippen LogP contribution in [0.5, 0.6) is 0 Å². The Morgan fingerprint density at radius 3 is 2.67 bits per heavy atom. The first-order valence-electron chi connectivity index (χ1n) is 11.0. The number of fused-ring (bicyclic) bond motifs is 1. The van der Waals surface area contributed by atoms with Gasteiger partial charge in [-0.3, -0.25) is 4.79 Å². The third-order valence-corrected chi connectivity index (χ3v) is 6.61. The van der Waals surface area contributed by atoms with Crippen LogP contribution < -0.4 is 10.2 Å². The second-order valence-corrected chi connectivity index (χ2v) is 9.27. The molecule has 1 saturated heterocycles. The zero-order valence-corrected chi connectivity index (χ0v) is 19.3. The van der Waals surface area contributed by atoms with Gasteiger partial charge in [-0.2, -0.15) is 4.80 Å². The van der Waals surface area contributed by atoms with Gasteiger partial charge in [0.2, 0.25) is 5.82 Å². The molecule has 1 atom stereocenters. The Bertz CT molecular complexity index is 1250. The summed E-state index contributed by atoms with van der Waals surface area (Å²) in [4.78, 5) is 21.6. The van der Waals surface area contributed by atoms with E-state index in [4.69, 9.17) is 9.72 Å². The van der Waals surface area contributed by atoms with E-state index in [2.05, 4.69) is 25.6 Å².